The minimum absolute atomic E-state index is 0.252. The predicted octanol–water partition coefficient (Wildman–Crippen LogP) is 4.90. The summed E-state index contributed by atoms with van der Waals surface area (Å²) < 4.78 is 0. The predicted molar refractivity (Wildman–Crippen MR) is 130 cm³/mol. The van der Waals surface area contributed by atoms with Crippen LogP contribution in [0, 0.1) is 34.5 Å². The van der Waals surface area contributed by atoms with Crippen LogP contribution in [0.1, 0.15) is 52.0 Å². The van der Waals surface area contributed by atoms with E-state index >= 15 is 0 Å². The molecule has 5 heteroatoms. The number of benzene rings is 1. The molecule has 2 atom stereocenters. The second-order valence-electron chi connectivity index (χ2n) is 10.7. The van der Waals surface area contributed by atoms with Crippen LogP contribution in [-0.2, 0) is 4.79 Å². The molecule has 0 unspecified atom stereocenters. The smallest absolute Gasteiger partial charge is 0.139 e. The van der Waals surface area contributed by atoms with E-state index in [0.29, 0.717) is 35.5 Å². The van der Waals surface area contributed by atoms with Gasteiger partial charge in [-0.1, -0.05) is 20.8 Å². The Morgan fingerprint density at radius 2 is 1.97 bits per heavy atom. The van der Waals surface area contributed by atoms with Crippen molar-refractivity contribution < 1.29 is 4.79 Å². The summed E-state index contributed by atoms with van der Waals surface area (Å²) in [6.07, 6.45) is 5.74. The van der Waals surface area contributed by atoms with Gasteiger partial charge in [0.15, 0.2) is 0 Å². The number of anilines is 1. The third kappa shape index (κ3) is 4.52. The van der Waals surface area contributed by atoms with Crippen molar-refractivity contribution in [1.82, 2.24) is 9.88 Å². The normalized spacial score (nSPS) is 23.3. The summed E-state index contributed by atoms with van der Waals surface area (Å²) in [4.78, 5) is 22.7. The molecule has 2 fully saturated rings. The number of Topliss-reactive ketones (excluding diaryl/α,β-unsaturated/α-hetero) is 1. The van der Waals surface area contributed by atoms with Gasteiger partial charge in [-0.3, -0.25) is 9.78 Å². The van der Waals surface area contributed by atoms with Gasteiger partial charge < -0.3 is 9.80 Å². The molecule has 2 saturated heterocycles. The topological polar surface area (TPSA) is 60.2 Å². The van der Waals surface area contributed by atoms with Crippen LogP contribution in [0.5, 0.6) is 0 Å². The quantitative estimate of drug-likeness (QED) is 0.673. The van der Waals surface area contributed by atoms with E-state index in [9.17, 15) is 10.1 Å². The number of fused-ring (bicyclic) bond motifs is 1. The van der Waals surface area contributed by atoms with Gasteiger partial charge in [-0.15, -0.1) is 0 Å². The summed E-state index contributed by atoms with van der Waals surface area (Å²) in [5.41, 5.74) is 2.26. The van der Waals surface area contributed by atoms with Gasteiger partial charge >= 0.3 is 0 Å². The van der Waals surface area contributed by atoms with Crippen LogP contribution in [0.25, 0.3) is 10.9 Å². The van der Waals surface area contributed by atoms with Crippen molar-refractivity contribution in [2.75, 3.05) is 38.1 Å². The molecule has 0 radical (unpaired) electrons. The molecule has 0 aliphatic carbocycles. The Morgan fingerprint density at radius 1 is 1.22 bits per heavy atom. The van der Waals surface area contributed by atoms with Gasteiger partial charge in [0.1, 0.15) is 11.9 Å². The number of carbonyl (C=O) groups excluding carboxylic acids is 1. The van der Waals surface area contributed by atoms with Crippen LogP contribution in [0.2, 0.25) is 0 Å². The summed E-state index contributed by atoms with van der Waals surface area (Å²) in [6.45, 7) is 10.7. The highest BCUT2D eigenvalue weighted by Crippen LogP contribution is 2.39. The first-order valence-electron chi connectivity index (χ1n) is 12.0. The summed E-state index contributed by atoms with van der Waals surface area (Å²) >= 11 is 0. The number of pyridine rings is 1. The molecule has 4 rings (SSSR count). The lowest BCUT2D eigenvalue weighted by Crippen LogP contribution is -2.44. The van der Waals surface area contributed by atoms with Gasteiger partial charge in [0, 0.05) is 42.2 Å². The van der Waals surface area contributed by atoms with E-state index in [0.717, 1.165) is 62.0 Å². The molecule has 0 bridgehead atoms. The molecule has 170 valence electrons. The Bertz CT molecular complexity index is 1020. The number of likely N-dealkylation sites (tertiary alicyclic amines) is 1. The fraction of sp³-hybridized carbons (Fsp3) is 0.593. The minimum atomic E-state index is -0.252. The molecule has 2 aromatic rings. The highest BCUT2D eigenvalue weighted by molar-refractivity contribution is 5.95. The molecule has 2 aliphatic rings. The van der Waals surface area contributed by atoms with Gasteiger partial charge in [0.2, 0.25) is 0 Å². The van der Waals surface area contributed by atoms with Crippen LogP contribution >= 0.6 is 0 Å². The average Bonchev–Trinajstić information content (AvgIpc) is 2.78. The number of carbonyl (C=O) groups is 1. The van der Waals surface area contributed by atoms with Crippen molar-refractivity contribution >= 4 is 22.4 Å². The lowest BCUT2D eigenvalue weighted by atomic mass is 9.68. The van der Waals surface area contributed by atoms with Crippen molar-refractivity contribution in [2.45, 2.75) is 46.5 Å². The Hall–Kier alpha value is -2.45. The van der Waals surface area contributed by atoms with Crippen LogP contribution in [0.15, 0.2) is 30.5 Å². The SMILES string of the molecule is C[C@H]1C[C@@H](CC(=O)C(C)(C)C2CCN(C)CC2)CN(c2ccc(C#N)c3ncccc23)C1. The number of rotatable bonds is 5. The Morgan fingerprint density at radius 3 is 2.69 bits per heavy atom. The maximum atomic E-state index is 13.5. The first-order chi connectivity index (χ1) is 15.3. The maximum Gasteiger partial charge on any atom is 0.139 e. The second kappa shape index (κ2) is 9.19. The molecule has 1 aromatic heterocycles. The number of hydrogen-bond donors (Lipinski definition) is 0. The highest BCUT2D eigenvalue weighted by Gasteiger charge is 2.39. The molecular formula is C27H36N4O. The monoisotopic (exact) mass is 432 g/mol. The molecule has 3 heterocycles. The Labute approximate surface area is 192 Å². The molecule has 0 N–H and O–H groups in total. The fourth-order valence-corrected chi connectivity index (χ4v) is 5.83. The van der Waals surface area contributed by atoms with Gasteiger partial charge in [0.25, 0.3) is 0 Å². The standard InChI is InChI=1S/C27H36N4O/c1-19-14-20(15-25(32)27(2,3)22-9-12-30(4)13-10-22)18-31(17-19)24-8-7-21(16-28)26-23(24)6-5-11-29-26/h5-8,11,19-20,22H,9-10,12-15,17-18H2,1-4H3/t19-,20-/m0/s1. The van der Waals surface area contributed by atoms with E-state index in [-0.39, 0.29) is 5.41 Å². The van der Waals surface area contributed by atoms with E-state index in [1.54, 1.807) is 6.20 Å². The molecule has 0 amide bonds. The van der Waals surface area contributed by atoms with E-state index in [1.165, 1.54) is 0 Å². The summed E-state index contributed by atoms with van der Waals surface area (Å²) in [5, 5.41) is 10.5. The maximum absolute atomic E-state index is 13.5. The fourth-order valence-electron chi connectivity index (χ4n) is 5.83. The van der Waals surface area contributed by atoms with E-state index < -0.39 is 0 Å². The van der Waals surface area contributed by atoms with Crippen LogP contribution in [0.4, 0.5) is 5.69 Å². The van der Waals surface area contributed by atoms with E-state index in [1.807, 2.05) is 12.1 Å². The molecule has 0 saturated carbocycles. The Kier molecular flexibility index (Phi) is 6.53. The summed E-state index contributed by atoms with van der Waals surface area (Å²) in [6, 6.07) is 10.2. The zero-order valence-electron chi connectivity index (χ0n) is 20.0. The van der Waals surface area contributed by atoms with Crippen LogP contribution in [-0.4, -0.2) is 48.9 Å². The van der Waals surface area contributed by atoms with Crippen molar-refractivity contribution in [2.24, 2.45) is 23.2 Å². The van der Waals surface area contributed by atoms with Gasteiger partial charge in [-0.2, -0.15) is 5.26 Å². The number of piperidine rings is 2. The van der Waals surface area contributed by atoms with Gasteiger partial charge in [0.05, 0.1) is 11.1 Å². The highest BCUT2D eigenvalue weighted by atomic mass is 16.1. The largest absolute Gasteiger partial charge is 0.370 e. The second-order valence-corrected chi connectivity index (χ2v) is 10.7. The number of nitriles is 1. The number of nitrogens with zero attached hydrogens (tertiary/aromatic N) is 4. The van der Waals surface area contributed by atoms with Gasteiger partial charge in [-0.05, 0) is 81.4 Å². The van der Waals surface area contributed by atoms with E-state index in [4.69, 9.17) is 0 Å². The molecule has 1 aromatic carbocycles. The van der Waals surface area contributed by atoms with Crippen molar-refractivity contribution in [1.29, 1.82) is 5.26 Å². The molecule has 2 aliphatic heterocycles. The van der Waals surface area contributed by atoms with Crippen LogP contribution < -0.4 is 4.90 Å². The third-order valence-corrected chi connectivity index (χ3v) is 7.89. The molecule has 5 nitrogen and oxygen atoms in total. The Balaban J connectivity index is 1.51. The van der Waals surface area contributed by atoms with Crippen molar-refractivity contribution in [3.8, 4) is 6.07 Å². The minimum Gasteiger partial charge on any atom is -0.370 e. The van der Waals surface area contributed by atoms with Crippen molar-refractivity contribution in [3.05, 3.63) is 36.0 Å². The third-order valence-electron chi connectivity index (χ3n) is 7.89. The molecule has 32 heavy (non-hydrogen) atoms. The van der Waals surface area contributed by atoms with Crippen LogP contribution in [0.3, 0.4) is 0 Å². The number of ketones is 1. The average molecular weight is 433 g/mol. The molecular weight excluding hydrogens is 396 g/mol. The van der Waals surface area contributed by atoms with Gasteiger partial charge in [-0.25, -0.2) is 0 Å². The van der Waals surface area contributed by atoms with E-state index in [2.05, 4.69) is 60.8 Å². The zero-order chi connectivity index (χ0) is 22.9. The first-order valence-corrected chi connectivity index (χ1v) is 12.0. The lowest BCUT2D eigenvalue weighted by Gasteiger charge is -2.41. The summed E-state index contributed by atoms with van der Waals surface area (Å²) in [7, 11) is 2.17. The molecule has 0 spiro atoms. The summed E-state index contributed by atoms with van der Waals surface area (Å²) in [5.74, 6) is 1.80. The lowest BCUT2D eigenvalue weighted by molar-refractivity contribution is -0.132. The first kappa shape index (κ1) is 22.7. The number of aromatic nitrogens is 1. The number of hydrogen-bond acceptors (Lipinski definition) is 5. The van der Waals surface area contributed by atoms with Crippen molar-refractivity contribution in [3.63, 3.8) is 0 Å². The zero-order valence-corrected chi connectivity index (χ0v) is 20.0.